The van der Waals surface area contributed by atoms with E-state index in [0.29, 0.717) is 5.82 Å². The number of nitrogens with zero attached hydrogens (tertiary/aromatic N) is 4. The highest BCUT2D eigenvalue weighted by Crippen LogP contribution is 2.41. The zero-order valence-corrected chi connectivity index (χ0v) is 38.0. The van der Waals surface area contributed by atoms with Gasteiger partial charge in [-0.3, -0.25) is 0 Å². The van der Waals surface area contributed by atoms with E-state index in [1.807, 2.05) is 0 Å². The van der Waals surface area contributed by atoms with Gasteiger partial charge in [0.15, 0.2) is 5.82 Å². The average Bonchev–Trinajstić information content (AvgIpc) is 3.95. The number of rotatable bonds is 7. The van der Waals surface area contributed by atoms with Crippen LogP contribution in [0.4, 0.5) is 0 Å². The topological polar surface area (TPSA) is 35.6 Å². The van der Waals surface area contributed by atoms with Gasteiger partial charge in [0.25, 0.3) is 0 Å². The highest BCUT2D eigenvalue weighted by Gasteiger charge is 2.20. The minimum absolute atomic E-state index is 0.692. The molecule has 0 saturated carbocycles. The molecule has 0 spiro atoms. The van der Waals surface area contributed by atoms with Gasteiger partial charge in [-0.15, -0.1) is 0 Å². The molecule has 0 fully saturated rings. The van der Waals surface area contributed by atoms with Crippen LogP contribution in [0.2, 0.25) is 0 Å². The first kappa shape index (κ1) is 39.8. The predicted molar refractivity (Wildman–Crippen MR) is 293 cm³/mol. The number of para-hydroxylation sites is 1. The first-order chi connectivity index (χ1) is 34.7. The molecular formula is C66H42N4. The summed E-state index contributed by atoms with van der Waals surface area (Å²) in [7, 11) is 0. The molecule has 14 rings (SSSR count). The Kier molecular flexibility index (Phi) is 9.17. The minimum atomic E-state index is 0.692. The van der Waals surface area contributed by atoms with E-state index in [1.54, 1.807) is 0 Å². The Morgan fingerprint density at radius 1 is 0.257 bits per heavy atom. The molecule has 0 bridgehead atoms. The lowest BCUT2D eigenvalue weighted by atomic mass is 9.98. The van der Waals surface area contributed by atoms with Gasteiger partial charge in [0.05, 0.1) is 33.3 Å². The van der Waals surface area contributed by atoms with Crippen LogP contribution in [0, 0.1) is 0 Å². The van der Waals surface area contributed by atoms with Crippen molar-refractivity contribution in [3.8, 4) is 67.4 Å². The number of aromatic nitrogens is 4. The Hall–Kier alpha value is -9.38. The standard InChI is InChI=1S/C66H42N4/c1-5-16-43(17-6-1)47-29-34-60-55(39-47)57-41-49(31-36-61(57)69(60)52-24-11-4-12-25-52)50-32-37-63-58(42-50)56-40-48(44-18-7-2-8-19-44)30-35-62(56)70(63)53-26-15-23-51(38-53)66-67-59-33-28-45-20-13-14-27-54(45)64(59)65(68-66)46-21-9-3-10-22-46/h1-42H. The molecule has 4 heteroatoms. The molecule has 0 saturated heterocycles. The van der Waals surface area contributed by atoms with Crippen LogP contribution in [-0.2, 0) is 0 Å². The molecule has 326 valence electrons. The zero-order chi connectivity index (χ0) is 46.1. The monoisotopic (exact) mass is 890 g/mol. The second-order valence-corrected chi connectivity index (χ2v) is 18.2. The Morgan fingerprint density at radius 2 is 0.686 bits per heavy atom. The van der Waals surface area contributed by atoms with Crippen LogP contribution in [0.1, 0.15) is 0 Å². The fourth-order valence-corrected chi connectivity index (χ4v) is 10.8. The molecule has 0 amide bonds. The van der Waals surface area contributed by atoms with Crippen molar-refractivity contribution >= 4 is 65.3 Å². The van der Waals surface area contributed by atoms with Crippen molar-refractivity contribution in [2.24, 2.45) is 0 Å². The summed E-state index contributed by atoms with van der Waals surface area (Å²) in [6.45, 7) is 0. The van der Waals surface area contributed by atoms with Gasteiger partial charge in [-0.05, 0) is 123 Å². The van der Waals surface area contributed by atoms with Crippen molar-refractivity contribution in [3.63, 3.8) is 0 Å². The van der Waals surface area contributed by atoms with E-state index < -0.39 is 0 Å². The molecule has 11 aromatic carbocycles. The quantitative estimate of drug-likeness (QED) is 0.149. The molecule has 70 heavy (non-hydrogen) atoms. The van der Waals surface area contributed by atoms with E-state index in [4.69, 9.17) is 9.97 Å². The fraction of sp³-hybridized carbons (Fsp3) is 0. The summed E-state index contributed by atoms with van der Waals surface area (Å²) < 4.78 is 4.80. The number of fused-ring (bicyclic) bond motifs is 9. The van der Waals surface area contributed by atoms with Gasteiger partial charge in [-0.2, -0.15) is 0 Å². The Balaban J connectivity index is 0.953. The Morgan fingerprint density at radius 3 is 1.23 bits per heavy atom. The van der Waals surface area contributed by atoms with Crippen LogP contribution >= 0.6 is 0 Å². The lowest BCUT2D eigenvalue weighted by molar-refractivity contribution is 1.17. The maximum Gasteiger partial charge on any atom is 0.160 e. The summed E-state index contributed by atoms with van der Waals surface area (Å²) in [4.78, 5) is 10.7. The summed E-state index contributed by atoms with van der Waals surface area (Å²) in [6.07, 6.45) is 0. The third kappa shape index (κ3) is 6.53. The molecule has 3 heterocycles. The maximum atomic E-state index is 5.39. The summed E-state index contributed by atoms with van der Waals surface area (Å²) in [5, 5.41) is 8.21. The molecule has 0 N–H and O–H groups in total. The SMILES string of the molecule is c1ccc(-c2ccc3c(c2)c2cc(-c4ccc5c(c4)c4cc(-c6ccccc6)ccc4n5-c4cccc(-c5nc(-c6ccccc6)c6c(ccc7ccccc76)n5)c4)ccc2n3-c2ccccc2)cc1. The highest BCUT2D eigenvalue weighted by molar-refractivity contribution is 6.15. The van der Waals surface area contributed by atoms with Crippen LogP contribution in [0.25, 0.3) is 133 Å². The van der Waals surface area contributed by atoms with Crippen molar-refractivity contribution in [2.75, 3.05) is 0 Å². The van der Waals surface area contributed by atoms with E-state index in [2.05, 4.69) is 264 Å². The Bertz CT molecular complexity index is 4320. The number of benzene rings is 11. The predicted octanol–water partition coefficient (Wildman–Crippen LogP) is 17.3. The van der Waals surface area contributed by atoms with Gasteiger partial charge in [0.1, 0.15) is 0 Å². The van der Waals surface area contributed by atoms with Crippen molar-refractivity contribution in [3.05, 3.63) is 255 Å². The average molecular weight is 891 g/mol. The molecule has 14 aromatic rings. The Labute approximate surface area is 404 Å². The van der Waals surface area contributed by atoms with Crippen LogP contribution in [0.3, 0.4) is 0 Å². The van der Waals surface area contributed by atoms with Gasteiger partial charge >= 0.3 is 0 Å². The fourth-order valence-electron chi connectivity index (χ4n) is 10.8. The molecule has 4 nitrogen and oxygen atoms in total. The van der Waals surface area contributed by atoms with E-state index in [1.165, 1.54) is 65.8 Å². The molecule has 0 atom stereocenters. The molecule has 0 aliphatic rings. The second-order valence-electron chi connectivity index (χ2n) is 18.2. The van der Waals surface area contributed by atoms with Crippen LogP contribution in [-0.4, -0.2) is 19.1 Å². The van der Waals surface area contributed by atoms with Gasteiger partial charge < -0.3 is 9.13 Å². The number of hydrogen-bond acceptors (Lipinski definition) is 2. The van der Waals surface area contributed by atoms with E-state index in [-0.39, 0.29) is 0 Å². The minimum Gasteiger partial charge on any atom is -0.309 e. The summed E-state index contributed by atoms with van der Waals surface area (Å²) in [5.41, 5.74) is 17.8. The highest BCUT2D eigenvalue weighted by atomic mass is 15.0. The molecule has 3 aromatic heterocycles. The molecule has 0 radical (unpaired) electrons. The van der Waals surface area contributed by atoms with Crippen LogP contribution < -0.4 is 0 Å². The van der Waals surface area contributed by atoms with E-state index in [9.17, 15) is 0 Å². The van der Waals surface area contributed by atoms with Gasteiger partial charge in [-0.25, -0.2) is 9.97 Å². The smallest absolute Gasteiger partial charge is 0.160 e. The van der Waals surface area contributed by atoms with Crippen molar-refractivity contribution in [2.45, 2.75) is 0 Å². The number of hydrogen-bond donors (Lipinski definition) is 0. The summed E-state index contributed by atoms with van der Waals surface area (Å²) >= 11 is 0. The van der Waals surface area contributed by atoms with E-state index >= 15 is 0 Å². The third-order valence-electron chi connectivity index (χ3n) is 14.1. The molecule has 0 aliphatic heterocycles. The maximum absolute atomic E-state index is 5.39. The molecular weight excluding hydrogens is 849 g/mol. The van der Waals surface area contributed by atoms with Gasteiger partial charge in [-0.1, -0.05) is 176 Å². The first-order valence-corrected chi connectivity index (χ1v) is 23.9. The van der Waals surface area contributed by atoms with Gasteiger partial charge in [0.2, 0.25) is 0 Å². The van der Waals surface area contributed by atoms with Crippen molar-refractivity contribution in [1.29, 1.82) is 0 Å². The van der Waals surface area contributed by atoms with Gasteiger partial charge in [0, 0.05) is 49.4 Å². The van der Waals surface area contributed by atoms with Crippen molar-refractivity contribution in [1.82, 2.24) is 19.1 Å². The molecule has 0 aliphatic carbocycles. The second kappa shape index (κ2) is 16.2. The largest absolute Gasteiger partial charge is 0.309 e. The lowest BCUT2D eigenvalue weighted by Crippen LogP contribution is -1.98. The summed E-state index contributed by atoms with van der Waals surface area (Å²) in [5.74, 6) is 0.692. The van der Waals surface area contributed by atoms with Crippen LogP contribution in [0.15, 0.2) is 255 Å². The molecule has 0 unspecified atom stereocenters. The lowest BCUT2D eigenvalue weighted by Gasteiger charge is -2.13. The summed E-state index contributed by atoms with van der Waals surface area (Å²) in [6, 6.07) is 91.8. The van der Waals surface area contributed by atoms with E-state index in [0.717, 1.165) is 61.1 Å². The van der Waals surface area contributed by atoms with Crippen LogP contribution in [0.5, 0.6) is 0 Å². The normalized spacial score (nSPS) is 11.7. The van der Waals surface area contributed by atoms with Crippen molar-refractivity contribution < 1.29 is 0 Å². The first-order valence-electron chi connectivity index (χ1n) is 23.9. The zero-order valence-electron chi connectivity index (χ0n) is 38.0. The third-order valence-corrected chi connectivity index (χ3v) is 14.1.